The second-order valence-electron chi connectivity index (χ2n) is 6.98. The van der Waals surface area contributed by atoms with E-state index in [0.29, 0.717) is 5.92 Å². The Labute approximate surface area is 158 Å². The maximum atomic E-state index is 6.31. The Morgan fingerprint density at radius 3 is 2.58 bits per heavy atom. The molecule has 6 nitrogen and oxygen atoms in total. The van der Waals surface area contributed by atoms with Crippen molar-refractivity contribution in [1.82, 2.24) is 24.7 Å². The van der Waals surface area contributed by atoms with E-state index in [1.54, 1.807) is 6.33 Å². The summed E-state index contributed by atoms with van der Waals surface area (Å²) < 4.78 is 1.90. The number of anilines is 1. The molecule has 1 aliphatic heterocycles. The summed E-state index contributed by atoms with van der Waals surface area (Å²) in [6.45, 7) is 7.90. The van der Waals surface area contributed by atoms with Gasteiger partial charge < -0.3 is 9.88 Å². The monoisotopic (exact) mass is 370 g/mol. The number of aromatic nitrogens is 5. The van der Waals surface area contributed by atoms with Crippen molar-refractivity contribution in [2.75, 3.05) is 18.0 Å². The van der Waals surface area contributed by atoms with Crippen LogP contribution >= 0.6 is 11.6 Å². The molecule has 136 valence electrons. The zero-order valence-corrected chi connectivity index (χ0v) is 16.1. The van der Waals surface area contributed by atoms with E-state index >= 15 is 0 Å². The van der Waals surface area contributed by atoms with Crippen molar-refractivity contribution in [3.63, 3.8) is 0 Å². The minimum atomic E-state index is 0.504. The third kappa shape index (κ3) is 3.09. The number of benzene rings is 1. The topological polar surface area (TPSA) is 62.6 Å². The number of hydrogen-bond acceptors (Lipinski definition) is 4. The van der Waals surface area contributed by atoms with Gasteiger partial charge in [-0.25, -0.2) is 4.98 Å². The van der Waals surface area contributed by atoms with Gasteiger partial charge in [-0.3, -0.25) is 0 Å². The number of nitrogens with one attached hydrogen (secondary N) is 1. The molecule has 1 saturated heterocycles. The van der Waals surface area contributed by atoms with Crippen LogP contribution in [0.4, 0.5) is 5.95 Å². The van der Waals surface area contributed by atoms with Gasteiger partial charge in [-0.15, -0.1) is 5.10 Å². The summed E-state index contributed by atoms with van der Waals surface area (Å²) in [5.74, 6) is 2.16. The highest BCUT2D eigenvalue weighted by Crippen LogP contribution is 2.31. The zero-order valence-electron chi connectivity index (χ0n) is 15.3. The predicted octanol–water partition coefficient (Wildman–Crippen LogP) is 3.95. The molecular formula is C19H23ClN6. The third-order valence-corrected chi connectivity index (χ3v) is 5.54. The van der Waals surface area contributed by atoms with Crippen LogP contribution in [0.15, 0.2) is 24.5 Å². The van der Waals surface area contributed by atoms with E-state index in [1.165, 1.54) is 11.4 Å². The summed E-state index contributed by atoms with van der Waals surface area (Å²) in [6.07, 6.45) is 3.91. The number of aromatic amines is 1. The molecule has 0 saturated carbocycles. The largest absolute Gasteiger partial charge is 0.348 e. The van der Waals surface area contributed by atoms with Crippen LogP contribution in [-0.2, 0) is 0 Å². The number of piperidine rings is 1. The Kier molecular flexibility index (Phi) is 4.44. The van der Waals surface area contributed by atoms with Gasteiger partial charge in [0, 0.05) is 29.7 Å². The number of hydrogen-bond donors (Lipinski definition) is 1. The van der Waals surface area contributed by atoms with Gasteiger partial charge in [0.1, 0.15) is 5.82 Å². The summed E-state index contributed by atoms with van der Waals surface area (Å²) in [7, 11) is 0. The summed E-state index contributed by atoms with van der Waals surface area (Å²) >= 11 is 6.31. The van der Waals surface area contributed by atoms with Gasteiger partial charge in [0.05, 0.1) is 17.7 Å². The highest BCUT2D eigenvalue weighted by Gasteiger charge is 2.26. The molecule has 1 N–H and O–H groups in total. The third-order valence-electron chi connectivity index (χ3n) is 5.13. The molecule has 2 aromatic heterocycles. The lowest BCUT2D eigenvalue weighted by molar-refractivity contribution is 0.488. The van der Waals surface area contributed by atoms with Crippen molar-refractivity contribution in [2.24, 2.45) is 0 Å². The predicted molar refractivity (Wildman–Crippen MR) is 103 cm³/mol. The van der Waals surface area contributed by atoms with Gasteiger partial charge in [-0.05, 0) is 51.3 Å². The minimum absolute atomic E-state index is 0.504. The second-order valence-corrected chi connectivity index (χ2v) is 7.39. The number of imidazole rings is 1. The first-order chi connectivity index (χ1) is 12.5. The quantitative estimate of drug-likeness (QED) is 0.758. The van der Waals surface area contributed by atoms with Gasteiger partial charge in [0.2, 0.25) is 5.95 Å². The van der Waals surface area contributed by atoms with Crippen molar-refractivity contribution >= 4 is 17.5 Å². The molecule has 26 heavy (non-hydrogen) atoms. The lowest BCUT2D eigenvalue weighted by atomic mass is 9.93. The van der Waals surface area contributed by atoms with E-state index in [1.807, 2.05) is 36.7 Å². The summed E-state index contributed by atoms with van der Waals surface area (Å²) in [4.78, 5) is 14.7. The first-order valence-electron chi connectivity index (χ1n) is 8.98. The highest BCUT2D eigenvalue weighted by atomic mass is 35.5. The Hall–Kier alpha value is -2.34. The lowest BCUT2D eigenvalue weighted by Crippen LogP contribution is -2.35. The Bertz CT molecular complexity index is 920. The maximum absolute atomic E-state index is 6.31. The van der Waals surface area contributed by atoms with Crippen LogP contribution in [-0.4, -0.2) is 37.8 Å². The van der Waals surface area contributed by atoms with Crippen LogP contribution in [0.5, 0.6) is 0 Å². The molecule has 7 heteroatoms. The molecule has 0 radical (unpaired) electrons. The molecule has 0 bridgehead atoms. The molecule has 1 aliphatic rings. The van der Waals surface area contributed by atoms with Gasteiger partial charge in [-0.2, -0.15) is 9.67 Å². The molecule has 0 unspecified atom stereocenters. The molecule has 4 rings (SSSR count). The number of aryl methyl sites for hydroxylation is 3. The van der Waals surface area contributed by atoms with Crippen molar-refractivity contribution in [3.8, 4) is 5.69 Å². The van der Waals surface area contributed by atoms with Crippen LogP contribution in [0.25, 0.3) is 5.69 Å². The molecule has 0 aliphatic carbocycles. The Morgan fingerprint density at radius 2 is 1.92 bits per heavy atom. The molecule has 0 atom stereocenters. The molecule has 3 heterocycles. The summed E-state index contributed by atoms with van der Waals surface area (Å²) in [5.41, 5.74) is 4.38. The van der Waals surface area contributed by atoms with Crippen LogP contribution in [0.2, 0.25) is 5.02 Å². The fourth-order valence-corrected chi connectivity index (χ4v) is 3.80. The first kappa shape index (κ1) is 17.1. The second kappa shape index (κ2) is 6.76. The molecule has 0 amide bonds. The van der Waals surface area contributed by atoms with E-state index in [4.69, 9.17) is 11.6 Å². The zero-order chi connectivity index (χ0) is 18.3. The van der Waals surface area contributed by atoms with Crippen molar-refractivity contribution in [3.05, 3.63) is 52.3 Å². The van der Waals surface area contributed by atoms with E-state index < -0.39 is 0 Å². The lowest BCUT2D eigenvalue weighted by Gasteiger charge is -2.32. The SMILES string of the molecule is Cc1nc(N2CCC(c3nc[nH]c3C)CC2)n(-c2ccc(C)c(Cl)c2)n1. The van der Waals surface area contributed by atoms with E-state index in [0.717, 1.165) is 54.0 Å². The fourth-order valence-electron chi connectivity index (χ4n) is 3.63. The van der Waals surface area contributed by atoms with Gasteiger partial charge in [0.25, 0.3) is 0 Å². The van der Waals surface area contributed by atoms with Crippen molar-refractivity contribution in [1.29, 1.82) is 0 Å². The molecular weight excluding hydrogens is 348 g/mol. The van der Waals surface area contributed by atoms with Gasteiger partial charge >= 0.3 is 0 Å². The number of H-pyrrole nitrogens is 1. The van der Waals surface area contributed by atoms with E-state index in [-0.39, 0.29) is 0 Å². The number of nitrogens with zero attached hydrogens (tertiary/aromatic N) is 5. The molecule has 1 aromatic carbocycles. The Balaban J connectivity index is 1.58. The minimum Gasteiger partial charge on any atom is -0.348 e. The standard InChI is InChI=1S/C19H23ClN6/c1-12-4-5-16(10-17(12)20)26-19(23-14(3)24-26)25-8-6-15(7-9-25)18-13(2)21-11-22-18/h4-5,10-11,15H,6-9H2,1-3H3,(H,21,22). The smallest absolute Gasteiger partial charge is 0.228 e. The number of rotatable bonds is 3. The molecule has 0 spiro atoms. The fraction of sp³-hybridized carbons (Fsp3) is 0.421. The van der Waals surface area contributed by atoms with E-state index in [9.17, 15) is 0 Å². The average molecular weight is 371 g/mol. The normalized spacial score (nSPS) is 15.6. The Morgan fingerprint density at radius 1 is 1.15 bits per heavy atom. The first-order valence-corrected chi connectivity index (χ1v) is 9.35. The highest BCUT2D eigenvalue weighted by molar-refractivity contribution is 6.31. The van der Waals surface area contributed by atoms with Crippen molar-refractivity contribution in [2.45, 2.75) is 39.5 Å². The van der Waals surface area contributed by atoms with Crippen LogP contribution < -0.4 is 4.90 Å². The molecule has 3 aromatic rings. The van der Waals surface area contributed by atoms with Crippen LogP contribution in [0.1, 0.15) is 41.5 Å². The van der Waals surface area contributed by atoms with Crippen LogP contribution in [0, 0.1) is 20.8 Å². The maximum Gasteiger partial charge on any atom is 0.228 e. The van der Waals surface area contributed by atoms with Gasteiger partial charge in [0.15, 0.2) is 0 Å². The average Bonchev–Trinajstić information content (AvgIpc) is 3.23. The van der Waals surface area contributed by atoms with E-state index in [2.05, 4.69) is 31.9 Å². The molecule has 1 fully saturated rings. The number of halogens is 1. The summed E-state index contributed by atoms with van der Waals surface area (Å²) in [6, 6.07) is 6.01. The van der Waals surface area contributed by atoms with Crippen molar-refractivity contribution < 1.29 is 0 Å². The summed E-state index contributed by atoms with van der Waals surface area (Å²) in [5, 5.41) is 5.34. The van der Waals surface area contributed by atoms with Crippen LogP contribution in [0.3, 0.4) is 0 Å². The van der Waals surface area contributed by atoms with Gasteiger partial charge in [-0.1, -0.05) is 17.7 Å².